The largest absolute Gasteiger partial charge is 0.394 e. The minimum atomic E-state index is -0.632. The second kappa shape index (κ2) is 5.29. The molecule has 0 atom stereocenters. The highest BCUT2D eigenvalue weighted by atomic mass is 35.5. The summed E-state index contributed by atoms with van der Waals surface area (Å²) in [7, 11) is 1.64. The van der Waals surface area contributed by atoms with E-state index >= 15 is 0 Å². The third-order valence-electron chi connectivity index (χ3n) is 2.78. The molecule has 0 aromatic heterocycles. The Bertz CT molecular complexity index is 435. The van der Waals surface area contributed by atoms with Gasteiger partial charge in [0.05, 0.1) is 22.7 Å². The molecule has 17 heavy (non-hydrogen) atoms. The van der Waals surface area contributed by atoms with Crippen LogP contribution < -0.4 is 0 Å². The topological polar surface area (TPSA) is 40.5 Å². The minimum absolute atomic E-state index is 0.118. The number of thiol groups is 1. The zero-order chi connectivity index (χ0) is 13.2. The van der Waals surface area contributed by atoms with Gasteiger partial charge in [-0.25, -0.2) is 0 Å². The summed E-state index contributed by atoms with van der Waals surface area (Å²) >= 11 is 10.2. The maximum Gasteiger partial charge on any atom is 0.255 e. The number of carbonyl (C=O) groups excluding carboxylic acids is 1. The number of benzene rings is 1. The van der Waals surface area contributed by atoms with Crippen LogP contribution >= 0.6 is 24.2 Å². The predicted octanol–water partition coefficient (Wildman–Crippen LogP) is 2.47. The molecule has 5 heteroatoms. The fourth-order valence-corrected chi connectivity index (χ4v) is 1.64. The lowest BCUT2D eigenvalue weighted by molar-refractivity contribution is 0.0473. The first kappa shape index (κ1) is 14.4. The van der Waals surface area contributed by atoms with E-state index in [-0.39, 0.29) is 12.5 Å². The summed E-state index contributed by atoms with van der Waals surface area (Å²) in [4.78, 5) is 14.4. The average Bonchev–Trinajstić information content (AvgIpc) is 2.30. The van der Waals surface area contributed by atoms with Gasteiger partial charge in [-0.2, -0.15) is 0 Å². The van der Waals surface area contributed by atoms with Crippen LogP contribution in [0.4, 0.5) is 0 Å². The molecule has 0 spiro atoms. The van der Waals surface area contributed by atoms with Crippen LogP contribution in [-0.4, -0.2) is 35.1 Å². The van der Waals surface area contributed by atoms with Gasteiger partial charge in [-0.05, 0) is 32.0 Å². The van der Waals surface area contributed by atoms with Crippen molar-refractivity contribution in [3.05, 3.63) is 28.8 Å². The van der Waals surface area contributed by atoms with E-state index in [4.69, 9.17) is 11.6 Å². The van der Waals surface area contributed by atoms with Gasteiger partial charge >= 0.3 is 0 Å². The highest BCUT2D eigenvalue weighted by molar-refractivity contribution is 7.80. The number of carbonyl (C=O) groups is 1. The number of halogens is 1. The summed E-state index contributed by atoms with van der Waals surface area (Å²) in [5, 5.41) is 9.62. The fourth-order valence-electron chi connectivity index (χ4n) is 1.24. The molecule has 0 unspecified atom stereocenters. The van der Waals surface area contributed by atoms with Crippen molar-refractivity contribution in [2.75, 3.05) is 13.7 Å². The molecule has 0 fully saturated rings. The van der Waals surface area contributed by atoms with Crippen LogP contribution in [0.5, 0.6) is 0 Å². The first-order valence-corrected chi connectivity index (χ1v) is 5.99. The fraction of sp³-hybridized carbons (Fsp3) is 0.417. The quantitative estimate of drug-likeness (QED) is 0.831. The van der Waals surface area contributed by atoms with E-state index < -0.39 is 5.54 Å². The monoisotopic (exact) mass is 273 g/mol. The van der Waals surface area contributed by atoms with E-state index in [1.807, 2.05) is 0 Å². The summed E-state index contributed by atoms with van der Waals surface area (Å²) in [6.45, 7) is 3.44. The van der Waals surface area contributed by atoms with Crippen molar-refractivity contribution in [1.82, 2.24) is 4.90 Å². The van der Waals surface area contributed by atoms with Crippen LogP contribution in [0.2, 0.25) is 5.02 Å². The van der Waals surface area contributed by atoms with Crippen molar-refractivity contribution in [1.29, 1.82) is 0 Å². The highest BCUT2D eigenvalue weighted by Crippen LogP contribution is 2.23. The molecule has 0 aliphatic carbocycles. The van der Waals surface area contributed by atoms with Crippen molar-refractivity contribution in [2.24, 2.45) is 0 Å². The summed E-state index contributed by atoms with van der Waals surface area (Å²) in [6.07, 6.45) is 0. The maximum atomic E-state index is 12.2. The molecule has 1 N–H and O–H groups in total. The maximum absolute atomic E-state index is 12.2. The Morgan fingerprint density at radius 1 is 1.53 bits per heavy atom. The number of amides is 1. The Morgan fingerprint density at radius 3 is 2.65 bits per heavy atom. The number of nitrogens with zero attached hydrogens (tertiary/aromatic N) is 1. The van der Waals surface area contributed by atoms with Crippen molar-refractivity contribution in [3.8, 4) is 0 Å². The summed E-state index contributed by atoms with van der Waals surface area (Å²) < 4.78 is 0. The van der Waals surface area contributed by atoms with Gasteiger partial charge in [-0.1, -0.05) is 11.6 Å². The minimum Gasteiger partial charge on any atom is -0.394 e. The van der Waals surface area contributed by atoms with Gasteiger partial charge in [0.25, 0.3) is 5.91 Å². The van der Waals surface area contributed by atoms with E-state index in [0.29, 0.717) is 15.5 Å². The molecular formula is C12H16ClNO2S. The van der Waals surface area contributed by atoms with Crippen LogP contribution in [0.25, 0.3) is 0 Å². The molecule has 0 aliphatic rings. The molecule has 0 bridgehead atoms. The Labute approximate surface area is 112 Å². The molecule has 0 radical (unpaired) electrons. The number of likely N-dealkylation sites (N-methyl/N-ethyl adjacent to an activating group) is 1. The Morgan fingerprint density at radius 2 is 2.12 bits per heavy atom. The molecule has 0 saturated carbocycles. The van der Waals surface area contributed by atoms with Crippen molar-refractivity contribution in [3.63, 3.8) is 0 Å². The molecule has 1 aromatic carbocycles. The third-order valence-corrected chi connectivity index (χ3v) is 3.39. The number of rotatable bonds is 3. The van der Waals surface area contributed by atoms with E-state index in [1.165, 1.54) is 4.90 Å². The Hall–Kier alpha value is -0.710. The van der Waals surface area contributed by atoms with Crippen LogP contribution in [0.3, 0.4) is 0 Å². The number of hydrogen-bond donors (Lipinski definition) is 2. The molecule has 0 heterocycles. The molecule has 1 rings (SSSR count). The number of aliphatic hydroxyl groups is 1. The average molecular weight is 274 g/mol. The van der Waals surface area contributed by atoms with Gasteiger partial charge in [-0.15, -0.1) is 12.6 Å². The van der Waals surface area contributed by atoms with Gasteiger partial charge in [0.15, 0.2) is 0 Å². The Kier molecular flexibility index (Phi) is 4.47. The standard InChI is InChI=1S/C12H16ClNO2S/c1-12(2,7-15)14(3)11(16)9-6-8(17)4-5-10(9)13/h4-6,15,17H,7H2,1-3H3. The lowest BCUT2D eigenvalue weighted by atomic mass is 10.0. The van der Waals surface area contributed by atoms with Crippen LogP contribution in [0.15, 0.2) is 23.1 Å². The second-order valence-electron chi connectivity index (χ2n) is 4.50. The van der Waals surface area contributed by atoms with Gasteiger partial charge < -0.3 is 10.0 Å². The predicted molar refractivity (Wildman–Crippen MR) is 72.0 cm³/mol. The first-order chi connectivity index (χ1) is 7.79. The van der Waals surface area contributed by atoms with E-state index in [1.54, 1.807) is 39.1 Å². The number of aliphatic hydroxyl groups excluding tert-OH is 1. The summed E-state index contributed by atoms with van der Waals surface area (Å²) in [5.41, 5.74) is -0.240. The summed E-state index contributed by atoms with van der Waals surface area (Å²) in [6, 6.07) is 4.98. The van der Waals surface area contributed by atoms with Crippen molar-refractivity contribution >= 4 is 30.1 Å². The van der Waals surface area contributed by atoms with Gasteiger partial charge in [0, 0.05) is 11.9 Å². The molecule has 94 valence electrons. The lowest BCUT2D eigenvalue weighted by Gasteiger charge is -2.34. The summed E-state index contributed by atoms with van der Waals surface area (Å²) in [5.74, 6) is -0.232. The van der Waals surface area contributed by atoms with Crippen LogP contribution in [0.1, 0.15) is 24.2 Å². The van der Waals surface area contributed by atoms with Gasteiger partial charge in [0.1, 0.15) is 0 Å². The van der Waals surface area contributed by atoms with Gasteiger partial charge in [-0.3, -0.25) is 4.79 Å². The van der Waals surface area contributed by atoms with E-state index in [0.717, 1.165) is 0 Å². The third kappa shape index (κ3) is 3.15. The SMILES string of the molecule is CN(C(=O)c1cc(S)ccc1Cl)C(C)(C)CO. The molecule has 0 saturated heterocycles. The van der Waals surface area contributed by atoms with E-state index in [2.05, 4.69) is 12.6 Å². The molecule has 3 nitrogen and oxygen atoms in total. The van der Waals surface area contributed by atoms with E-state index in [9.17, 15) is 9.90 Å². The normalized spacial score (nSPS) is 11.4. The van der Waals surface area contributed by atoms with Crippen molar-refractivity contribution in [2.45, 2.75) is 24.3 Å². The molecule has 0 aliphatic heterocycles. The Balaban J connectivity index is 3.08. The van der Waals surface area contributed by atoms with Crippen LogP contribution in [-0.2, 0) is 0 Å². The molecule has 1 amide bonds. The molecular weight excluding hydrogens is 258 g/mol. The first-order valence-electron chi connectivity index (χ1n) is 5.17. The molecule has 1 aromatic rings. The second-order valence-corrected chi connectivity index (χ2v) is 5.42. The van der Waals surface area contributed by atoms with Crippen molar-refractivity contribution < 1.29 is 9.90 Å². The number of hydrogen-bond acceptors (Lipinski definition) is 3. The smallest absolute Gasteiger partial charge is 0.255 e. The van der Waals surface area contributed by atoms with Gasteiger partial charge in [0.2, 0.25) is 0 Å². The zero-order valence-corrected chi connectivity index (χ0v) is 11.7. The zero-order valence-electron chi connectivity index (χ0n) is 10.1. The highest BCUT2D eigenvalue weighted by Gasteiger charge is 2.28. The lowest BCUT2D eigenvalue weighted by Crippen LogP contribution is -2.47. The van der Waals surface area contributed by atoms with Crippen LogP contribution in [0, 0.1) is 0 Å².